The lowest BCUT2D eigenvalue weighted by Gasteiger charge is -2.28. The molecule has 1 rings (SSSR count). The Morgan fingerprint density at radius 3 is 2.50 bits per heavy atom. The van der Waals surface area contributed by atoms with Crippen molar-refractivity contribution in [1.29, 1.82) is 0 Å². The molecule has 0 aliphatic rings. The van der Waals surface area contributed by atoms with E-state index in [9.17, 15) is 4.79 Å². The summed E-state index contributed by atoms with van der Waals surface area (Å²) in [4.78, 5) is 13.2. The van der Waals surface area contributed by atoms with Crippen LogP contribution in [-0.4, -0.2) is 24.2 Å². The topological polar surface area (TPSA) is 40.5 Å². The average molecular weight is 298 g/mol. The zero-order valence-corrected chi connectivity index (χ0v) is 13.4. The van der Waals surface area contributed by atoms with Crippen molar-refractivity contribution < 1.29 is 9.90 Å². The Kier molecular flexibility index (Phi) is 6.34. The monoisotopic (exact) mass is 297 g/mol. The first-order valence-electron chi connectivity index (χ1n) is 7.05. The van der Waals surface area contributed by atoms with E-state index in [1.165, 1.54) is 0 Å². The maximum atomic E-state index is 11.1. The van der Waals surface area contributed by atoms with E-state index in [1.807, 2.05) is 25.1 Å². The molecular weight excluding hydrogens is 274 g/mol. The summed E-state index contributed by atoms with van der Waals surface area (Å²) < 4.78 is 0. The lowest BCUT2D eigenvalue weighted by atomic mass is 10.1. The minimum absolute atomic E-state index is 0.401. The lowest BCUT2D eigenvalue weighted by molar-refractivity contribution is -0.140. The smallest absolute Gasteiger partial charge is 0.308 e. The Balaban J connectivity index is 2.90. The van der Waals surface area contributed by atoms with Crippen molar-refractivity contribution in [2.24, 2.45) is 11.8 Å². The molecule has 0 fully saturated rings. The molecule has 0 saturated carbocycles. The van der Waals surface area contributed by atoms with Crippen molar-refractivity contribution in [3.63, 3.8) is 0 Å². The molecule has 1 atom stereocenters. The van der Waals surface area contributed by atoms with Crippen molar-refractivity contribution in [3.8, 4) is 0 Å². The molecule has 1 aromatic rings. The highest BCUT2D eigenvalue weighted by atomic mass is 35.5. The molecule has 0 bridgehead atoms. The molecule has 1 N–H and O–H groups in total. The van der Waals surface area contributed by atoms with Crippen molar-refractivity contribution >= 4 is 23.3 Å². The molecule has 1 aromatic carbocycles. The Hall–Kier alpha value is -1.22. The second-order valence-electron chi connectivity index (χ2n) is 5.80. The third-order valence-electron chi connectivity index (χ3n) is 3.41. The zero-order chi connectivity index (χ0) is 15.3. The predicted octanol–water partition coefficient (Wildman–Crippen LogP) is 4.22. The van der Waals surface area contributed by atoms with Crippen LogP contribution in [0.25, 0.3) is 0 Å². The van der Waals surface area contributed by atoms with Gasteiger partial charge >= 0.3 is 5.97 Å². The first kappa shape index (κ1) is 16.8. The first-order valence-corrected chi connectivity index (χ1v) is 7.43. The Labute approximate surface area is 126 Å². The molecule has 0 radical (unpaired) electrons. The summed E-state index contributed by atoms with van der Waals surface area (Å²) in [6.07, 6.45) is 1.03. The molecule has 4 heteroatoms. The van der Waals surface area contributed by atoms with Gasteiger partial charge in [0.25, 0.3) is 0 Å². The van der Waals surface area contributed by atoms with Crippen LogP contribution in [0.5, 0.6) is 0 Å². The van der Waals surface area contributed by atoms with E-state index < -0.39 is 11.9 Å². The number of halogens is 1. The Morgan fingerprint density at radius 2 is 2.00 bits per heavy atom. The minimum Gasteiger partial charge on any atom is -0.481 e. The molecule has 3 nitrogen and oxygen atoms in total. The summed E-state index contributed by atoms with van der Waals surface area (Å²) in [5.41, 5.74) is 2.03. The van der Waals surface area contributed by atoms with Crippen LogP contribution in [0.15, 0.2) is 18.2 Å². The molecule has 0 heterocycles. The number of anilines is 1. The van der Waals surface area contributed by atoms with Gasteiger partial charge in [0.05, 0.1) is 5.92 Å². The fourth-order valence-corrected chi connectivity index (χ4v) is 2.10. The molecular formula is C16H24ClNO2. The van der Waals surface area contributed by atoms with E-state index in [0.29, 0.717) is 12.5 Å². The highest BCUT2D eigenvalue weighted by Crippen LogP contribution is 2.24. The number of rotatable bonds is 7. The van der Waals surface area contributed by atoms with Crippen LogP contribution in [-0.2, 0) is 4.79 Å². The molecule has 0 amide bonds. The van der Waals surface area contributed by atoms with Gasteiger partial charge in [-0.2, -0.15) is 0 Å². The maximum Gasteiger partial charge on any atom is 0.308 e. The van der Waals surface area contributed by atoms with Crippen LogP contribution < -0.4 is 4.90 Å². The summed E-state index contributed by atoms with van der Waals surface area (Å²) in [6, 6.07) is 5.91. The van der Waals surface area contributed by atoms with Crippen LogP contribution in [0.2, 0.25) is 5.02 Å². The van der Waals surface area contributed by atoms with Crippen molar-refractivity contribution in [3.05, 3.63) is 28.8 Å². The number of aryl methyl sites for hydroxylation is 1. The van der Waals surface area contributed by atoms with Crippen molar-refractivity contribution in [2.45, 2.75) is 34.1 Å². The SMILES string of the molecule is Cc1ccc(N(CCC(C)C)CC(C)C(=O)O)cc1Cl. The summed E-state index contributed by atoms with van der Waals surface area (Å²) in [7, 11) is 0. The minimum atomic E-state index is -0.766. The van der Waals surface area contributed by atoms with Gasteiger partial charge in [0.1, 0.15) is 0 Å². The number of hydrogen-bond acceptors (Lipinski definition) is 2. The van der Waals surface area contributed by atoms with E-state index in [2.05, 4.69) is 18.7 Å². The van der Waals surface area contributed by atoms with Crippen LogP contribution in [0.1, 0.15) is 32.8 Å². The van der Waals surface area contributed by atoms with Gasteiger partial charge in [0.15, 0.2) is 0 Å². The number of benzene rings is 1. The van der Waals surface area contributed by atoms with Crippen molar-refractivity contribution in [2.75, 3.05) is 18.0 Å². The van der Waals surface area contributed by atoms with E-state index >= 15 is 0 Å². The van der Waals surface area contributed by atoms with E-state index in [1.54, 1.807) is 6.92 Å². The number of nitrogens with zero attached hydrogens (tertiary/aromatic N) is 1. The highest BCUT2D eigenvalue weighted by molar-refractivity contribution is 6.31. The van der Waals surface area contributed by atoms with E-state index in [4.69, 9.17) is 16.7 Å². The first-order chi connectivity index (χ1) is 9.31. The Bertz CT molecular complexity index is 460. The van der Waals surface area contributed by atoms with Crippen LogP contribution in [0.4, 0.5) is 5.69 Å². The van der Waals surface area contributed by atoms with Gasteiger partial charge in [0.2, 0.25) is 0 Å². The number of hydrogen-bond donors (Lipinski definition) is 1. The summed E-state index contributed by atoms with van der Waals surface area (Å²) in [5.74, 6) is -0.585. The van der Waals surface area contributed by atoms with E-state index in [-0.39, 0.29) is 0 Å². The van der Waals surface area contributed by atoms with Gasteiger partial charge in [-0.15, -0.1) is 0 Å². The van der Waals surface area contributed by atoms with Gasteiger partial charge in [-0.25, -0.2) is 0 Å². The average Bonchev–Trinajstić information content (AvgIpc) is 2.37. The molecule has 0 aliphatic heterocycles. The fraction of sp³-hybridized carbons (Fsp3) is 0.562. The van der Waals surface area contributed by atoms with Gasteiger partial charge in [-0.3, -0.25) is 4.79 Å². The number of carboxylic acid groups (broad SMARTS) is 1. The number of carboxylic acids is 1. The zero-order valence-electron chi connectivity index (χ0n) is 12.7. The van der Waals surface area contributed by atoms with Gasteiger partial charge in [0, 0.05) is 23.8 Å². The quantitative estimate of drug-likeness (QED) is 0.819. The van der Waals surface area contributed by atoms with E-state index in [0.717, 1.165) is 29.2 Å². The third-order valence-corrected chi connectivity index (χ3v) is 3.82. The van der Waals surface area contributed by atoms with Crippen LogP contribution >= 0.6 is 11.6 Å². The Morgan fingerprint density at radius 1 is 1.35 bits per heavy atom. The maximum absolute atomic E-state index is 11.1. The molecule has 0 spiro atoms. The summed E-state index contributed by atoms with van der Waals surface area (Å²) in [6.45, 7) is 9.38. The normalized spacial score (nSPS) is 12.5. The van der Waals surface area contributed by atoms with Crippen LogP contribution in [0.3, 0.4) is 0 Å². The fourth-order valence-electron chi connectivity index (χ4n) is 1.93. The molecule has 20 heavy (non-hydrogen) atoms. The third kappa shape index (κ3) is 5.04. The van der Waals surface area contributed by atoms with Crippen LogP contribution in [0, 0.1) is 18.8 Å². The lowest BCUT2D eigenvalue weighted by Crippen LogP contribution is -2.33. The van der Waals surface area contributed by atoms with Gasteiger partial charge in [-0.05, 0) is 37.0 Å². The standard InChI is InChI=1S/C16H24ClNO2/c1-11(2)7-8-18(10-13(4)16(19)20)14-6-5-12(3)15(17)9-14/h5-6,9,11,13H,7-8,10H2,1-4H3,(H,19,20). The molecule has 0 saturated heterocycles. The van der Waals surface area contributed by atoms with Crippen molar-refractivity contribution in [1.82, 2.24) is 0 Å². The van der Waals surface area contributed by atoms with Gasteiger partial charge < -0.3 is 10.0 Å². The highest BCUT2D eigenvalue weighted by Gasteiger charge is 2.17. The molecule has 0 aromatic heterocycles. The largest absolute Gasteiger partial charge is 0.481 e. The molecule has 112 valence electrons. The number of aliphatic carboxylic acids is 1. The summed E-state index contributed by atoms with van der Waals surface area (Å²) >= 11 is 6.18. The summed E-state index contributed by atoms with van der Waals surface area (Å²) in [5, 5.41) is 9.82. The van der Waals surface area contributed by atoms with Gasteiger partial charge in [-0.1, -0.05) is 38.4 Å². The number of carbonyl (C=O) groups is 1. The second-order valence-corrected chi connectivity index (χ2v) is 6.21. The second kappa shape index (κ2) is 7.53. The molecule has 0 aliphatic carbocycles. The predicted molar refractivity (Wildman–Crippen MR) is 84.7 cm³/mol. The molecule has 1 unspecified atom stereocenters.